The Labute approximate surface area is 197 Å². The number of carbonyl (C=O) groups excluding carboxylic acids is 1. The summed E-state index contributed by atoms with van der Waals surface area (Å²) in [5.74, 6) is -0.126. The van der Waals surface area contributed by atoms with Crippen LogP contribution in [0.5, 0.6) is 0 Å². The molecule has 0 fully saturated rings. The lowest BCUT2D eigenvalue weighted by Crippen LogP contribution is -2.21. The summed E-state index contributed by atoms with van der Waals surface area (Å²) in [6.07, 6.45) is 4.05. The van der Waals surface area contributed by atoms with Gasteiger partial charge in [-0.05, 0) is 60.0 Å². The third-order valence-electron chi connectivity index (χ3n) is 5.30. The molecule has 160 valence electrons. The van der Waals surface area contributed by atoms with Crippen LogP contribution in [0.2, 0.25) is 0 Å². The van der Waals surface area contributed by atoms with Crippen molar-refractivity contribution in [3.8, 4) is 0 Å². The molecule has 4 nitrogen and oxygen atoms in total. The molecule has 0 unspecified atom stereocenters. The maximum absolute atomic E-state index is 13.4. The molecule has 0 saturated carbocycles. The first kappa shape index (κ1) is 21.8. The van der Waals surface area contributed by atoms with E-state index in [0.29, 0.717) is 11.3 Å². The number of para-hydroxylation sites is 1. The van der Waals surface area contributed by atoms with Crippen molar-refractivity contribution in [3.63, 3.8) is 0 Å². The molecule has 4 rings (SSSR count). The van der Waals surface area contributed by atoms with Gasteiger partial charge in [-0.25, -0.2) is 0 Å². The smallest absolute Gasteiger partial charge is 0.281 e. The van der Waals surface area contributed by atoms with Crippen LogP contribution in [0.1, 0.15) is 18.1 Å². The Bertz CT molecular complexity index is 1210. The van der Waals surface area contributed by atoms with Crippen LogP contribution < -0.4 is 9.91 Å². The highest BCUT2D eigenvalue weighted by molar-refractivity contribution is 9.10. The van der Waals surface area contributed by atoms with E-state index in [1.165, 1.54) is 5.01 Å². The second kappa shape index (κ2) is 9.37. The molecule has 1 aliphatic heterocycles. The lowest BCUT2D eigenvalue weighted by atomic mass is 9.96. The third kappa shape index (κ3) is 4.58. The first-order valence-corrected chi connectivity index (χ1v) is 11.1. The molecule has 1 amide bonds. The van der Waals surface area contributed by atoms with E-state index in [1.54, 1.807) is 0 Å². The van der Waals surface area contributed by atoms with Gasteiger partial charge in [0.25, 0.3) is 5.91 Å². The van der Waals surface area contributed by atoms with Crippen LogP contribution in [0.15, 0.2) is 100 Å². The van der Waals surface area contributed by atoms with Crippen LogP contribution in [-0.2, 0) is 4.79 Å². The first-order chi connectivity index (χ1) is 15.4. The summed E-state index contributed by atoms with van der Waals surface area (Å²) < 4.78 is 0.989. The standard InChI is InChI=1S/C27H24BrN3O/c1-19-26(27(32)31(29-19)24-7-5-4-6-8-24)25(21-12-14-22(28)15-13-21)18-11-20-9-16-23(17-10-20)30(2)3/h4-18H,1-3H3/b18-11+,26-25-. The SMILES string of the molecule is CC1=NN(c2ccccc2)C(=O)/C1=C(/C=C/c1ccc(N(C)C)cc1)c1ccc(Br)cc1. The van der Waals surface area contributed by atoms with Crippen LogP contribution in [0.4, 0.5) is 11.4 Å². The van der Waals surface area contributed by atoms with Gasteiger partial charge in [-0.3, -0.25) is 4.79 Å². The minimum atomic E-state index is -0.126. The van der Waals surface area contributed by atoms with E-state index < -0.39 is 0 Å². The molecule has 0 aliphatic carbocycles. The zero-order chi connectivity index (χ0) is 22.7. The average molecular weight is 486 g/mol. The van der Waals surface area contributed by atoms with E-state index in [1.807, 2.05) is 87.8 Å². The number of hydrogen-bond donors (Lipinski definition) is 0. The summed E-state index contributed by atoms with van der Waals surface area (Å²) in [7, 11) is 4.04. The lowest BCUT2D eigenvalue weighted by Gasteiger charge is -2.13. The Morgan fingerprint density at radius 1 is 0.938 bits per heavy atom. The molecule has 0 N–H and O–H groups in total. The predicted octanol–water partition coefficient (Wildman–Crippen LogP) is 6.40. The average Bonchev–Trinajstić information content (AvgIpc) is 3.10. The number of allylic oxidation sites excluding steroid dienone is 2. The molecule has 5 heteroatoms. The van der Waals surface area contributed by atoms with Gasteiger partial charge in [0, 0.05) is 24.3 Å². The number of amides is 1. The maximum atomic E-state index is 13.4. The Kier molecular flexibility index (Phi) is 6.37. The fraction of sp³-hybridized carbons (Fsp3) is 0.111. The van der Waals surface area contributed by atoms with Crippen LogP contribution in [0, 0.1) is 0 Å². The summed E-state index contributed by atoms with van der Waals surface area (Å²) in [4.78, 5) is 15.5. The molecule has 3 aromatic rings. The molecule has 0 atom stereocenters. The summed E-state index contributed by atoms with van der Waals surface area (Å²) in [6.45, 7) is 1.88. The number of benzene rings is 3. The van der Waals surface area contributed by atoms with Crippen molar-refractivity contribution in [2.24, 2.45) is 5.10 Å². The Morgan fingerprint density at radius 3 is 2.22 bits per heavy atom. The van der Waals surface area contributed by atoms with Crippen molar-refractivity contribution in [2.75, 3.05) is 24.0 Å². The lowest BCUT2D eigenvalue weighted by molar-refractivity contribution is -0.114. The highest BCUT2D eigenvalue weighted by Gasteiger charge is 2.31. The van der Waals surface area contributed by atoms with Crippen molar-refractivity contribution in [2.45, 2.75) is 6.92 Å². The van der Waals surface area contributed by atoms with Gasteiger partial charge in [-0.15, -0.1) is 0 Å². The van der Waals surface area contributed by atoms with Crippen molar-refractivity contribution in [1.82, 2.24) is 0 Å². The zero-order valence-corrected chi connectivity index (χ0v) is 19.9. The van der Waals surface area contributed by atoms with E-state index >= 15 is 0 Å². The number of halogens is 1. The number of carbonyl (C=O) groups is 1. The molecule has 0 aromatic heterocycles. The first-order valence-electron chi connectivity index (χ1n) is 10.3. The number of hydrazone groups is 1. The number of rotatable bonds is 5. The molecule has 0 spiro atoms. The molecule has 1 aliphatic rings. The third-order valence-corrected chi connectivity index (χ3v) is 5.82. The van der Waals surface area contributed by atoms with Crippen molar-refractivity contribution in [1.29, 1.82) is 0 Å². The van der Waals surface area contributed by atoms with Gasteiger partial charge in [0.05, 0.1) is 17.0 Å². The monoisotopic (exact) mass is 485 g/mol. The van der Waals surface area contributed by atoms with Gasteiger partial charge < -0.3 is 4.90 Å². The fourth-order valence-electron chi connectivity index (χ4n) is 3.58. The molecular formula is C27H24BrN3O. The van der Waals surface area contributed by atoms with Gasteiger partial charge in [-0.1, -0.05) is 70.5 Å². The summed E-state index contributed by atoms with van der Waals surface area (Å²) >= 11 is 3.50. The molecule has 3 aromatic carbocycles. The minimum Gasteiger partial charge on any atom is -0.378 e. The molecule has 0 bridgehead atoms. The van der Waals surface area contributed by atoms with Gasteiger partial charge in [0.1, 0.15) is 0 Å². The fourth-order valence-corrected chi connectivity index (χ4v) is 3.84. The predicted molar refractivity (Wildman–Crippen MR) is 138 cm³/mol. The van der Waals surface area contributed by atoms with Crippen LogP contribution in [-0.4, -0.2) is 25.7 Å². The summed E-state index contributed by atoms with van der Waals surface area (Å²) in [6, 6.07) is 25.8. The topological polar surface area (TPSA) is 35.9 Å². The van der Waals surface area contributed by atoms with Crippen molar-refractivity contribution < 1.29 is 4.79 Å². The van der Waals surface area contributed by atoms with Gasteiger partial charge in [0.15, 0.2) is 0 Å². The number of anilines is 2. The second-order valence-electron chi connectivity index (χ2n) is 7.75. The molecule has 0 radical (unpaired) electrons. The summed E-state index contributed by atoms with van der Waals surface area (Å²) in [5, 5.41) is 6.04. The van der Waals surface area contributed by atoms with Crippen molar-refractivity contribution in [3.05, 3.63) is 106 Å². The maximum Gasteiger partial charge on any atom is 0.281 e. The van der Waals surface area contributed by atoms with Gasteiger partial charge in [-0.2, -0.15) is 10.1 Å². The summed E-state index contributed by atoms with van der Waals surface area (Å²) in [5.41, 5.74) is 6.07. The Balaban J connectivity index is 1.77. The van der Waals surface area contributed by atoms with E-state index in [4.69, 9.17) is 0 Å². The van der Waals surface area contributed by atoms with Gasteiger partial charge >= 0.3 is 0 Å². The molecule has 1 heterocycles. The minimum absolute atomic E-state index is 0.126. The van der Waals surface area contributed by atoms with E-state index in [0.717, 1.165) is 32.5 Å². The Morgan fingerprint density at radius 2 is 1.59 bits per heavy atom. The molecule has 0 saturated heterocycles. The quantitative estimate of drug-likeness (QED) is 0.391. The van der Waals surface area contributed by atoms with Crippen LogP contribution in [0.25, 0.3) is 11.6 Å². The van der Waals surface area contributed by atoms with E-state index in [2.05, 4.69) is 50.2 Å². The van der Waals surface area contributed by atoms with Crippen LogP contribution >= 0.6 is 15.9 Å². The number of hydrogen-bond acceptors (Lipinski definition) is 3. The van der Waals surface area contributed by atoms with Crippen molar-refractivity contribution >= 4 is 50.6 Å². The molecular weight excluding hydrogens is 462 g/mol. The van der Waals surface area contributed by atoms with Crippen LogP contribution in [0.3, 0.4) is 0 Å². The zero-order valence-electron chi connectivity index (χ0n) is 18.3. The number of nitrogens with zero attached hydrogens (tertiary/aromatic N) is 3. The highest BCUT2D eigenvalue weighted by atomic mass is 79.9. The second-order valence-corrected chi connectivity index (χ2v) is 8.67. The van der Waals surface area contributed by atoms with E-state index in [-0.39, 0.29) is 5.91 Å². The highest BCUT2D eigenvalue weighted by Crippen LogP contribution is 2.31. The van der Waals surface area contributed by atoms with Gasteiger partial charge in [0.2, 0.25) is 0 Å². The molecule has 32 heavy (non-hydrogen) atoms. The Hall–Kier alpha value is -3.44. The van der Waals surface area contributed by atoms with E-state index in [9.17, 15) is 4.79 Å². The normalized spacial score (nSPS) is 15.3. The largest absolute Gasteiger partial charge is 0.378 e.